The Hall–Kier alpha value is -2.12. The van der Waals surface area contributed by atoms with E-state index >= 15 is 0 Å². The van der Waals surface area contributed by atoms with E-state index < -0.39 is 18.4 Å². The molecule has 8 heteroatoms. The monoisotopic (exact) mass is 355 g/mol. The maximum Gasteiger partial charge on any atom is 0.269 e. The summed E-state index contributed by atoms with van der Waals surface area (Å²) in [5.74, 6) is -0.792. The van der Waals surface area contributed by atoms with Crippen LogP contribution in [0.1, 0.15) is 32.1 Å². The highest BCUT2D eigenvalue weighted by Crippen LogP contribution is 2.18. The molecule has 2 unspecified atom stereocenters. The van der Waals surface area contributed by atoms with Crippen molar-refractivity contribution in [2.75, 3.05) is 19.6 Å². The van der Waals surface area contributed by atoms with E-state index in [0.29, 0.717) is 32.4 Å². The molecular formula is C17H23F2N3O3. The Morgan fingerprint density at radius 2 is 2.20 bits per heavy atom. The highest BCUT2D eigenvalue weighted by Gasteiger charge is 2.28. The fraction of sp³-hybridized carbons (Fsp3) is 0.647. The number of hydrogen-bond acceptors (Lipinski definition) is 4. The summed E-state index contributed by atoms with van der Waals surface area (Å²) in [4.78, 5) is 40.8. The van der Waals surface area contributed by atoms with Gasteiger partial charge in [0.2, 0.25) is 12.3 Å². The van der Waals surface area contributed by atoms with E-state index in [2.05, 4.69) is 10.3 Å². The summed E-state index contributed by atoms with van der Waals surface area (Å²) < 4.78 is 24.6. The summed E-state index contributed by atoms with van der Waals surface area (Å²) in [6, 6.07) is -0.407. The van der Waals surface area contributed by atoms with Crippen molar-refractivity contribution in [3.8, 4) is 0 Å². The van der Waals surface area contributed by atoms with Crippen LogP contribution in [0.15, 0.2) is 17.1 Å². The minimum Gasteiger partial charge on any atom is -0.342 e. The van der Waals surface area contributed by atoms with Crippen LogP contribution in [0.2, 0.25) is 0 Å². The number of alkyl halides is 2. The maximum atomic E-state index is 12.3. The molecule has 2 rings (SSSR count). The van der Waals surface area contributed by atoms with Gasteiger partial charge in [0.1, 0.15) is 12.0 Å². The quantitative estimate of drug-likeness (QED) is 0.700. The Morgan fingerprint density at radius 1 is 1.40 bits per heavy atom. The molecule has 1 N–H and O–H groups in total. The van der Waals surface area contributed by atoms with E-state index in [9.17, 15) is 23.2 Å². The van der Waals surface area contributed by atoms with Crippen LogP contribution in [-0.2, 0) is 14.4 Å². The molecule has 0 aliphatic carbocycles. The second-order valence-corrected chi connectivity index (χ2v) is 6.26. The van der Waals surface area contributed by atoms with Crippen molar-refractivity contribution in [2.45, 2.75) is 44.6 Å². The molecule has 1 saturated heterocycles. The summed E-state index contributed by atoms with van der Waals surface area (Å²) in [7, 11) is 0. The van der Waals surface area contributed by atoms with Crippen LogP contribution >= 0.6 is 0 Å². The van der Waals surface area contributed by atoms with E-state index in [0.717, 1.165) is 12.7 Å². The molecule has 0 spiro atoms. The van der Waals surface area contributed by atoms with E-state index in [4.69, 9.17) is 0 Å². The van der Waals surface area contributed by atoms with Crippen molar-refractivity contribution >= 4 is 23.8 Å². The van der Waals surface area contributed by atoms with Gasteiger partial charge in [-0.15, -0.1) is 0 Å². The average molecular weight is 355 g/mol. The summed E-state index contributed by atoms with van der Waals surface area (Å²) in [6.45, 7) is 0.715. The molecule has 0 bridgehead atoms. The van der Waals surface area contributed by atoms with Gasteiger partial charge in [0, 0.05) is 19.5 Å². The van der Waals surface area contributed by atoms with Crippen molar-refractivity contribution in [1.29, 1.82) is 0 Å². The van der Waals surface area contributed by atoms with Gasteiger partial charge < -0.3 is 15.0 Å². The van der Waals surface area contributed by atoms with Gasteiger partial charge in [-0.05, 0) is 37.7 Å². The Morgan fingerprint density at radius 3 is 2.92 bits per heavy atom. The summed E-state index contributed by atoms with van der Waals surface area (Å²) >= 11 is 0. The number of halogens is 2. The van der Waals surface area contributed by atoms with Crippen molar-refractivity contribution < 1.29 is 23.2 Å². The predicted molar refractivity (Wildman–Crippen MR) is 88.6 cm³/mol. The van der Waals surface area contributed by atoms with E-state index in [1.807, 2.05) is 0 Å². The Bertz CT molecular complexity index is 563. The van der Waals surface area contributed by atoms with Crippen molar-refractivity contribution in [1.82, 2.24) is 10.2 Å². The zero-order valence-corrected chi connectivity index (χ0v) is 14.0. The van der Waals surface area contributed by atoms with Gasteiger partial charge in [0.25, 0.3) is 5.91 Å². The van der Waals surface area contributed by atoms with Gasteiger partial charge in [-0.3, -0.25) is 14.6 Å². The van der Waals surface area contributed by atoms with Crippen molar-refractivity contribution in [3.05, 3.63) is 12.2 Å². The highest BCUT2D eigenvalue weighted by molar-refractivity contribution is 6.43. The molecule has 2 aliphatic rings. The van der Waals surface area contributed by atoms with Gasteiger partial charge in [0.05, 0.1) is 12.6 Å². The number of aliphatic imine (C=N–C) groups is 1. The van der Waals surface area contributed by atoms with Crippen molar-refractivity contribution in [2.24, 2.45) is 10.9 Å². The van der Waals surface area contributed by atoms with Gasteiger partial charge in [-0.1, -0.05) is 6.08 Å². The second kappa shape index (κ2) is 9.39. The zero-order valence-electron chi connectivity index (χ0n) is 14.0. The average Bonchev–Trinajstić information content (AvgIpc) is 2.95. The minimum absolute atomic E-state index is 0.0253. The molecule has 0 radical (unpaired) electrons. The fourth-order valence-corrected chi connectivity index (χ4v) is 3.05. The number of likely N-dealkylation sites (tertiary alicyclic amines) is 1. The lowest BCUT2D eigenvalue weighted by Crippen LogP contribution is -2.44. The number of hydrogen-bond donors (Lipinski definition) is 1. The first-order valence-electron chi connectivity index (χ1n) is 8.55. The van der Waals surface area contributed by atoms with Crippen LogP contribution in [0, 0.1) is 5.92 Å². The number of carbonyl (C=O) groups excluding carboxylic acids is 3. The number of aldehydes is 1. The molecule has 0 aromatic heterocycles. The van der Waals surface area contributed by atoms with Crippen LogP contribution in [0.5, 0.6) is 0 Å². The molecule has 0 aromatic carbocycles. The Labute approximate surface area is 145 Å². The molecule has 0 aromatic rings. The van der Waals surface area contributed by atoms with Crippen LogP contribution in [-0.4, -0.2) is 60.8 Å². The first-order valence-corrected chi connectivity index (χ1v) is 8.55. The highest BCUT2D eigenvalue weighted by atomic mass is 19.3. The van der Waals surface area contributed by atoms with Gasteiger partial charge in [0.15, 0.2) is 0 Å². The normalized spacial score (nSPS) is 23.3. The molecule has 2 aliphatic heterocycles. The van der Waals surface area contributed by atoms with Crippen LogP contribution in [0.3, 0.4) is 0 Å². The standard InChI is InChI=1S/C17H23F2N3O3/c18-15(19)6-4-12-3-5-14(20-8-7-12)17(25)21-10-16(24)22-9-1-2-13(22)11-23/h3,5,11-13,15H,1-2,4,6-10H2,(H,21,25). The molecule has 2 heterocycles. The molecule has 6 nitrogen and oxygen atoms in total. The van der Waals surface area contributed by atoms with Crippen LogP contribution in [0.4, 0.5) is 8.78 Å². The molecule has 25 heavy (non-hydrogen) atoms. The lowest BCUT2D eigenvalue weighted by molar-refractivity contribution is -0.134. The van der Waals surface area contributed by atoms with Gasteiger partial charge >= 0.3 is 0 Å². The topological polar surface area (TPSA) is 78.8 Å². The van der Waals surface area contributed by atoms with Gasteiger partial charge in [-0.25, -0.2) is 8.78 Å². The summed E-state index contributed by atoms with van der Waals surface area (Å²) in [5, 5.41) is 2.52. The third-order valence-electron chi connectivity index (χ3n) is 4.47. The van der Waals surface area contributed by atoms with Crippen LogP contribution in [0.25, 0.3) is 0 Å². The third-order valence-corrected chi connectivity index (χ3v) is 4.47. The van der Waals surface area contributed by atoms with Crippen LogP contribution < -0.4 is 5.32 Å². The van der Waals surface area contributed by atoms with E-state index in [-0.39, 0.29) is 30.5 Å². The summed E-state index contributed by atoms with van der Waals surface area (Å²) in [5.41, 5.74) is 0.195. The molecule has 2 atom stereocenters. The number of nitrogens with one attached hydrogen (secondary N) is 1. The third kappa shape index (κ3) is 5.72. The smallest absolute Gasteiger partial charge is 0.269 e. The number of allylic oxidation sites excluding steroid dienone is 1. The molecule has 1 fully saturated rings. The first-order chi connectivity index (χ1) is 12.0. The van der Waals surface area contributed by atoms with E-state index in [1.54, 1.807) is 6.08 Å². The molecule has 138 valence electrons. The fourth-order valence-electron chi connectivity index (χ4n) is 3.05. The molecule has 2 amide bonds. The summed E-state index contributed by atoms with van der Waals surface area (Å²) in [6.07, 6.45) is 3.94. The van der Waals surface area contributed by atoms with Crippen molar-refractivity contribution in [3.63, 3.8) is 0 Å². The number of nitrogens with zero attached hydrogens (tertiary/aromatic N) is 2. The second-order valence-electron chi connectivity index (χ2n) is 6.26. The SMILES string of the molecule is O=CC1CCCN1C(=O)CNC(=O)C1=NCCC(CCC(F)F)C=C1. The number of rotatable bonds is 7. The van der Waals surface area contributed by atoms with Gasteiger partial charge in [-0.2, -0.15) is 0 Å². The molecule has 0 saturated carbocycles. The Balaban J connectivity index is 1.82. The predicted octanol–water partition coefficient (Wildman–Crippen LogP) is 1.35. The molecular weight excluding hydrogens is 332 g/mol. The maximum absolute atomic E-state index is 12.3. The zero-order chi connectivity index (χ0) is 18.2. The number of carbonyl (C=O) groups is 3. The van der Waals surface area contributed by atoms with E-state index in [1.165, 1.54) is 11.0 Å². The first kappa shape index (κ1) is 19.2. The minimum atomic E-state index is -2.33. The lowest BCUT2D eigenvalue weighted by atomic mass is 9.99. The lowest BCUT2D eigenvalue weighted by Gasteiger charge is -2.20. The number of amides is 2. The Kier molecular flexibility index (Phi) is 7.21. The largest absolute Gasteiger partial charge is 0.342 e.